The maximum atomic E-state index is 13.1. The number of ether oxygens (including phenoxy) is 1. The van der Waals surface area contributed by atoms with Gasteiger partial charge in [-0.05, 0) is 48.1 Å². The third kappa shape index (κ3) is 3.93. The summed E-state index contributed by atoms with van der Waals surface area (Å²) in [5.41, 5.74) is 5.76. The van der Waals surface area contributed by atoms with Crippen LogP contribution >= 0.6 is 11.8 Å². The molecule has 4 aromatic carbocycles. The first-order chi connectivity index (χ1) is 16.4. The second-order valence-corrected chi connectivity index (χ2v) is 9.42. The van der Waals surface area contributed by atoms with Gasteiger partial charge < -0.3 is 4.74 Å². The average molecular weight is 467 g/mol. The zero-order valence-electron chi connectivity index (χ0n) is 18.9. The average Bonchev–Trinajstić information content (AvgIpc) is 2.86. The molecule has 0 aromatic heterocycles. The van der Waals surface area contributed by atoms with Crippen molar-refractivity contribution in [3.8, 4) is 11.1 Å². The lowest BCUT2D eigenvalue weighted by atomic mass is 9.83. The minimum atomic E-state index is -0.453. The van der Waals surface area contributed by atoms with Gasteiger partial charge in [0.15, 0.2) is 12.4 Å². The quantitative estimate of drug-likeness (QED) is 0.170. The highest BCUT2D eigenvalue weighted by atomic mass is 32.2. The lowest BCUT2D eigenvalue weighted by Gasteiger charge is -2.21. The Kier molecular flexibility index (Phi) is 5.80. The number of esters is 1. The summed E-state index contributed by atoms with van der Waals surface area (Å²) < 4.78 is 5.27. The number of hydrogen-bond acceptors (Lipinski definition) is 5. The molecular formula is C29H22O4S. The summed E-state index contributed by atoms with van der Waals surface area (Å²) in [5, 5.41) is 1.84. The van der Waals surface area contributed by atoms with Crippen molar-refractivity contribution in [1.29, 1.82) is 0 Å². The Hall–Kier alpha value is -3.70. The Labute approximate surface area is 201 Å². The van der Waals surface area contributed by atoms with Crippen molar-refractivity contribution in [3.05, 3.63) is 101 Å². The molecule has 4 nitrogen and oxygen atoms in total. The van der Waals surface area contributed by atoms with Crippen LogP contribution in [0.2, 0.25) is 0 Å². The van der Waals surface area contributed by atoms with E-state index in [0.29, 0.717) is 16.7 Å². The van der Waals surface area contributed by atoms with Crippen molar-refractivity contribution in [2.24, 2.45) is 0 Å². The molecule has 34 heavy (non-hydrogen) atoms. The molecule has 0 atom stereocenters. The topological polar surface area (TPSA) is 60.4 Å². The molecule has 0 unspecified atom stereocenters. The van der Waals surface area contributed by atoms with Gasteiger partial charge in [0.05, 0.1) is 5.75 Å². The molecule has 0 amide bonds. The Balaban J connectivity index is 1.33. The number of benzene rings is 4. The van der Waals surface area contributed by atoms with E-state index in [2.05, 4.69) is 0 Å². The van der Waals surface area contributed by atoms with Gasteiger partial charge in [-0.3, -0.25) is 14.4 Å². The van der Waals surface area contributed by atoms with Crippen LogP contribution < -0.4 is 0 Å². The predicted octanol–water partition coefficient (Wildman–Crippen LogP) is 6.19. The van der Waals surface area contributed by atoms with E-state index in [-0.39, 0.29) is 23.9 Å². The molecule has 5 rings (SSSR count). The van der Waals surface area contributed by atoms with Crippen molar-refractivity contribution in [2.45, 2.75) is 18.7 Å². The van der Waals surface area contributed by atoms with E-state index in [1.807, 2.05) is 86.6 Å². The summed E-state index contributed by atoms with van der Waals surface area (Å²) in [6.45, 7) is 3.51. The summed E-state index contributed by atoms with van der Waals surface area (Å²) in [5.74, 6) is -0.576. The monoisotopic (exact) mass is 466 g/mol. The predicted molar refractivity (Wildman–Crippen MR) is 135 cm³/mol. The van der Waals surface area contributed by atoms with Crippen LogP contribution in [0.4, 0.5) is 0 Å². The van der Waals surface area contributed by atoms with Gasteiger partial charge in [-0.15, -0.1) is 11.8 Å². The van der Waals surface area contributed by atoms with Crippen LogP contribution in [0, 0.1) is 13.8 Å². The van der Waals surface area contributed by atoms with Crippen molar-refractivity contribution in [1.82, 2.24) is 0 Å². The first-order valence-corrected chi connectivity index (χ1v) is 12.0. The van der Waals surface area contributed by atoms with Crippen LogP contribution in [-0.2, 0) is 9.53 Å². The SMILES string of the molecule is Cc1ccc(C)c(C(=O)COC(=O)CSc2ccc3c4c(cccc24)C(=O)c2ccccc2-3)c1. The van der Waals surface area contributed by atoms with Crippen LogP contribution in [0.1, 0.15) is 37.4 Å². The molecule has 0 fully saturated rings. The maximum Gasteiger partial charge on any atom is 0.316 e. The van der Waals surface area contributed by atoms with Gasteiger partial charge in [0.25, 0.3) is 0 Å². The fourth-order valence-corrected chi connectivity index (χ4v) is 5.27. The fourth-order valence-electron chi connectivity index (χ4n) is 4.42. The van der Waals surface area contributed by atoms with Gasteiger partial charge in [-0.25, -0.2) is 0 Å². The first-order valence-electron chi connectivity index (χ1n) is 11.0. The Morgan fingerprint density at radius 2 is 1.59 bits per heavy atom. The van der Waals surface area contributed by atoms with E-state index in [1.54, 1.807) is 0 Å². The highest BCUT2D eigenvalue weighted by Crippen LogP contribution is 2.42. The Morgan fingerprint density at radius 3 is 2.41 bits per heavy atom. The number of aryl methyl sites for hydroxylation is 2. The van der Waals surface area contributed by atoms with Gasteiger partial charge >= 0.3 is 5.97 Å². The van der Waals surface area contributed by atoms with Crippen molar-refractivity contribution >= 4 is 40.1 Å². The molecule has 4 aromatic rings. The van der Waals surface area contributed by atoms with Crippen LogP contribution in [0.15, 0.2) is 77.7 Å². The molecule has 0 heterocycles. The number of ketones is 2. The summed E-state index contributed by atoms with van der Waals surface area (Å²) in [4.78, 5) is 38.9. The molecule has 0 N–H and O–H groups in total. The summed E-state index contributed by atoms with van der Waals surface area (Å²) in [7, 11) is 0. The summed E-state index contributed by atoms with van der Waals surface area (Å²) >= 11 is 1.35. The molecule has 168 valence electrons. The van der Waals surface area contributed by atoms with Gasteiger partial charge in [0.1, 0.15) is 0 Å². The molecule has 0 saturated heterocycles. The van der Waals surface area contributed by atoms with Crippen LogP contribution in [0.25, 0.3) is 21.9 Å². The minimum Gasteiger partial charge on any atom is -0.457 e. The van der Waals surface area contributed by atoms with Crippen LogP contribution in [0.5, 0.6) is 0 Å². The molecule has 0 radical (unpaired) electrons. The number of fused-ring (bicyclic) bond motifs is 2. The van der Waals surface area contributed by atoms with E-state index in [9.17, 15) is 14.4 Å². The molecule has 0 saturated carbocycles. The zero-order valence-corrected chi connectivity index (χ0v) is 19.7. The summed E-state index contributed by atoms with van der Waals surface area (Å²) in [6.07, 6.45) is 0. The number of thioether (sulfide) groups is 1. The van der Waals surface area contributed by atoms with Gasteiger partial charge in [0.2, 0.25) is 5.78 Å². The van der Waals surface area contributed by atoms with Crippen LogP contribution in [0.3, 0.4) is 0 Å². The lowest BCUT2D eigenvalue weighted by Crippen LogP contribution is -2.16. The molecule has 5 heteroatoms. The molecule has 1 aliphatic carbocycles. The number of carbonyl (C=O) groups excluding carboxylic acids is 3. The molecule has 0 spiro atoms. The fraction of sp³-hybridized carbons (Fsp3) is 0.138. The molecule has 0 bridgehead atoms. The molecular weight excluding hydrogens is 444 g/mol. The van der Waals surface area contributed by atoms with Crippen molar-refractivity contribution in [2.75, 3.05) is 12.4 Å². The number of Topliss-reactive ketones (excluding diaryl/α,β-unsaturated/α-hetero) is 1. The summed E-state index contributed by atoms with van der Waals surface area (Å²) in [6, 6.07) is 23.0. The lowest BCUT2D eigenvalue weighted by molar-refractivity contribution is -0.139. The van der Waals surface area contributed by atoms with Crippen LogP contribution in [-0.4, -0.2) is 29.9 Å². The van der Waals surface area contributed by atoms with Gasteiger partial charge in [-0.2, -0.15) is 0 Å². The van der Waals surface area contributed by atoms with E-state index < -0.39 is 5.97 Å². The number of hydrogen-bond donors (Lipinski definition) is 0. The standard InChI is InChI=1S/C29H22O4S/c1-17-10-11-18(2)24(14-17)25(30)15-33-27(31)16-34-26-13-12-20-19-6-3-4-7-21(19)29(32)23-9-5-8-22(26)28(20)23/h3-14H,15-16H2,1-2H3. The molecule has 0 aliphatic heterocycles. The second-order valence-electron chi connectivity index (χ2n) is 8.41. The van der Waals surface area contributed by atoms with E-state index in [4.69, 9.17) is 4.74 Å². The Morgan fingerprint density at radius 1 is 0.824 bits per heavy atom. The maximum absolute atomic E-state index is 13.1. The highest BCUT2D eigenvalue weighted by Gasteiger charge is 2.25. The van der Waals surface area contributed by atoms with E-state index in [0.717, 1.165) is 37.9 Å². The zero-order chi connectivity index (χ0) is 23.8. The van der Waals surface area contributed by atoms with Crippen molar-refractivity contribution < 1.29 is 19.1 Å². The van der Waals surface area contributed by atoms with Crippen molar-refractivity contribution in [3.63, 3.8) is 0 Å². The second kappa shape index (κ2) is 8.92. The van der Waals surface area contributed by atoms with Gasteiger partial charge in [0, 0.05) is 27.0 Å². The highest BCUT2D eigenvalue weighted by molar-refractivity contribution is 8.00. The third-order valence-corrected chi connectivity index (χ3v) is 7.16. The first kappa shape index (κ1) is 22.1. The third-order valence-electron chi connectivity index (χ3n) is 6.11. The minimum absolute atomic E-state index is 0.0141. The van der Waals surface area contributed by atoms with E-state index in [1.165, 1.54) is 11.8 Å². The number of carbonyl (C=O) groups is 3. The Bertz CT molecular complexity index is 1490. The normalized spacial score (nSPS) is 11.9. The smallest absolute Gasteiger partial charge is 0.316 e. The number of rotatable bonds is 6. The molecule has 1 aliphatic rings. The van der Waals surface area contributed by atoms with E-state index >= 15 is 0 Å². The largest absolute Gasteiger partial charge is 0.457 e. The van der Waals surface area contributed by atoms with Gasteiger partial charge in [-0.1, -0.05) is 66.2 Å².